The summed E-state index contributed by atoms with van der Waals surface area (Å²) in [5, 5.41) is 3.60. The van der Waals surface area contributed by atoms with Crippen molar-refractivity contribution in [2.75, 3.05) is 6.79 Å². The number of Topliss-reactive ketones (excluding diaryl/α,β-unsaturated/α-hetero) is 1. The van der Waals surface area contributed by atoms with Gasteiger partial charge in [-0.2, -0.15) is 0 Å². The molecule has 0 saturated carbocycles. The summed E-state index contributed by atoms with van der Waals surface area (Å²) >= 11 is 1.50. The number of benzene rings is 2. The van der Waals surface area contributed by atoms with Gasteiger partial charge in [-0.3, -0.25) is 4.79 Å². The van der Waals surface area contributed by atoms with Crippen molar-refractivity contribution in [3.8, 4) is 11.5 Å². The van der Waals surface area contributed by atoms with Crippen LogP contribution in [0.3, 0.4) is 0 Å². The molecule has 3 heterocycles. The number of carbonyl (C=O) groups is 1. The Labute approximate surface area is 159 Å². The Morgan fingerprint density at radius 1 is 1.15 bits per heavy atom. The smallest absolute Gasteiger partial charge is 0.231 e. The molecule has 4 aromatic rings. The zero-order chi connectivity index (χ0) is 18.2. The van der Waals surface area contributed by atoms with Crippen LogP contribution in [0.2, 0.25) is 0 Å². The van der Waals surface area contributed by atoms with Crippen LogP contribution >= 0.6 is 11.3 Å². The third-order valence-corrected chi connectivity index (χ3v) is 5.45. The lowest BCUT2D eigenvalue weighted by atomic mass is 10.1. The van der Waals surface area contributed by atoms with Gasteiger partial charge in [0.25, 0.3) is 0 Å². The fourth-order valence-electron chi connectivity index (χ4n) is 3.39. The van der Waals surface area contributed by atoms with Crippen LogP contribution in [0.1, 0.15) is 20.9 Å². The summed E-state index contributed by atoms with van der Waals surface area (Å²) in [4.78, 5) is 17.2. The van der Waals surface area contributed by atoms with Gasteiger partial charge in [-0.1, -0.05) is 30.3 Å². The van der Waals surface area contributed by atoms with Crippen molar-refractivity contribution in [2.45, 2.75) is 13.0 Å². The standard InChI is InChI=1S/C21H16N2O3S/c24-18(10-21-22-6-7-27-21)16-12-23(11-14-4-2-1-3-5-14)17-9-20-19(8-15(16)17)25-13-26-20/h1-9,12H,10-11,13H2. The summed E-state index contributed by atoms with van der Waals surface area (Å²) in [5.41, 5.74) is 2.83. The summed E-state index contributed by atoms with van der Waals surface area (Å²) in [6.45, 7) is 0.893. The van der Waals surface area contributed by atoms with Crippen LogP contribution in [0.15, 0.2) is 60.2 Å². The first-order valence-corrected chi connectivity index (χ1v) is 9.54. The predicted molar refractivity (Wildman–Crippen MR) is 104 cm³/mol. The number of ketones is 1. The lowest BCUT2D eigenvalue weighted by Gasteiger charge is -2.06. The molecule has 0 fully saturated rings. The van der Waals surface area contributed by atoms with Gasteiger partial charge < -0.3 is 14.0 Å². The highest BCUT2D eigenvalue weighted by atomic mass is 32.1. The van der Waals surface area contributed by atoms with Gasteiger partial charge in [0, 0.05) is 41.3 Å². The molecule has 1 aliphatic heterocycles. The van der Waals surface area contributed by atoms with Crippen LogP contribution in [-0.2, 0) is 13.0 Å². The molecular weight excluding hydrogens is 360 g/mol. The number of thiazole rings is 1. The van der Waals surface area contributed by atoms with Crippen LogP contribution in [0.25, 0.3) is 10.9 Å². The Bertz CT molecular complexity index is 1120. The first kappa shape index (κ1) is 16.1. The largest absolute Gasteiger partial charge is 0.454 e. The van der Waals surface area contributed by atoms with Crippen LogP contribution in [0.5, 0.6) is 11.5 Å². The minimum atomic E-state index is 0.0561. The van der Waals surface area contributed by atoms with Gasteiger partial charge in [0.05, 0.1) is 11.9 Å². The Balaban J connectivity index is 1.60. The molecule has 6 heteroatoms. The molecule has 0 amide bonds. The maximum absolute atomic E-state index is 13.0. The van der Waals surface area contributed by atoms with E-state index in [2.05, 4.69) is 21.7 Å². The molecule has 0 N–H and O–H groups in total. The van der Waals surface area contributed by atoms with E-state index in [9.17, 15) is 4.79 Å². The van der Waals surface area contributed by atoms with E-state index >= 15 is 0 Å². The normalized spacial score (nSPS) is 12.6. The second-order valence-corrected chi connectivity index (χ2v) is 7.38. The van der Waals surface area contributed by atoms with E-state index in [1.165, 1.54) is 16.9 Å². The number of hydrogen-bond donors (Lipinski definition) is 0. The van der Waals surface area contributed by atoms with Gasteiger partial charge in [0.15, 0.2) is 17.3 Å². The summed E-state index contributed by atoms with van der Waals surface area (Å²) < 4.78 is 13.2. The third kappa shape index (κ3) is 2.98. The minimum absolute atomic E-state index is 0.0561. The highest BCUT2D eigenvalue weighted by Gasteiger charge is 2.22. The van der Waals surface area contributed by atoms with Gasteiger partial charge in [-0.15, -0.1) is 11.3 Å². The van der Waals surface area contributed by atoms with Crippen molar-refractivity contribution in [1.82, 2.24) is 9.55 Å². The quantitative estimate of drug-likeness (QED) is 0.487. The van der Waals surface area contributed by atoms with Crippen LogP contribution in [0, 0.1) is 0 Å². The number of aromatic nitrogens is 2. The molecule has 27 heavy (non-hydrogen) atoms. The maximum Gasteiger partial charge on any atom is 0.231 e. The predicted octanol–water partition coefficient (Wildman–Crippen LogP) is 4.30. The molecule has 0 bridgehead atoms. The van der Waals surface area contributed by atoms with E-state index < -0.39 is 0 Å². The SMILES string of the molecule is O=C(Cc1nccs1)c1cn(Cc2ccccc2)c2cc3c(cc12)OCO3. The van der Waals surface area contributed by atoms with Crippen LogP contribution in [0.4, 0.5) is 0 Å². The molecule has 0 atom stereocenters. The van der Waals surface area contributed by atoms with Crippen LogP contribution in [-0.4, -0.2) is 22.1 Å². The molecule has 1 aliphatic rings. The Hall–Kier alpha value is -3.12. The van der Waals surface area contributed by atoms with E-state index in [0.717, 1.165) is 15.9 Å². The number of nitrogens with zero attached hydrogens (tertiary/aromatic N) is 2. The van der Waals surface area contributed by atoms with Gasteiger partial charge in [0.1, 0.15) is 5.01 Å². The first-order valence-electron chi connectivity index (χ1n) is 8.66. The molecule has 5 rings (SSSR count). The van der Waals surface area contributed by atoms with Gasteiger partial charge in [0.2, 0.25) is 6.79 Å². The summed E-state index contributed by atoms with van der Waals surface area (Å²) in [6, 6.07) is 14.1. The van der Waals surface area contributed by atoms with E-state index in [0.29, 0.717) is 30.0 Å². The molecule has 0 radical (unpaired) electrons. The molecule has 134 valence electrons. The van der Waals surface area contributed by atoms with Gasteiger partial charge >= 0.3 is 0 Å². The Morgan fingerprint density at radius 3 is 2.74 bits per heavy atom. The second-order valence-electron chi connectivity index (χ2n) is 6.40. The fourth-order valence-corrected chi connectivity index (χ4v) is 4.00. The first-order chi connectivity index (χ1) is 13.3. The topological polar surface area (TPSA) is 53.4 Å². The maximum atomic E-state index is 13.0. The van der Waals surface area contributed by atoms with Crippen molar-refractivity contribution >= 4 is 28.0 Å². The Kier molecular flexibility index (Phi) is 3.90. The Morgan fingerprint density at radius 2 is 1.96 bits per heavy atom. The molecule has 0 spiro atoms. The van der Waals surface area contributed by atoms with E-state index in [1.807, 2.05) is 41.9 Å². The highest BCUT2D eigenvalue weighted by molar-refractivity contribution is 7.09. The monoisotopic (exact) mass is 376 g/mol. The lowest BCUT2D eigenvalue weighted by molar-refractivity contribution is 0.0994. The number of hydrogen-bond acceptors (Lipinski definition) is 5. The van der Waals surface area contributed by atoms with Crippen LogP contribution < -0.4 is 9.47 Å². The second kappa shape index (κ2) is 6.55. The van der Waals surface area contributed by atoms with Crippen molar-refractivity contribution < 1.29 is 14.3 Å². The van der Waals surface area contributed by atoms with E-state index in [4.69, 9.17) is 9.47 Å². The minimum Gasteiger partial charge on any atom is -0.454 e. The van der Waals surface area contributed by atoms with Gasteiger partial charge in [-0.25, -0.2) is 4.98 Å². The number of fused-ring (bicyclic) bond motifs is 2. The molecule has 0 unspecified atom stereocenters. The average Bonchev–Trinajstić information content (AvgIpc) is 3.41. The van der Waals surface area contributed by atoms with Gasteiger partial charge in [-0.05, 0) is 11.6 Å². The van der Waals surface area contributed by atoms with Crippen molar-refractivity contribution in [2.24, 2.45) is 0 Å². The lowest BCUT2D eigenvalue weighted by Crippen LogP contribution is -2.03. The molecular formula is C21H16N2O3S. The zero-order valence-electron chi connectivity index (χ0n) is 14.4. The average molecular weight is 376 g/mol. The van der Waals surface area contributed by atoms with Crippen molar-refractivity contribution in [1.29, 1.82) is 0 Å². The summed E-state index contributed by atoms with van der Waals surface area (Å²) in [5.74, 6) is 1.46. The number of rotatable bonds is 5. The summed E-state index contributed by atoms with van der Waals surface area (Å²) in [7, 11) is 0. The third-order valence-electron chi connectivity index (χ3n) is 4.67. The summed E-state index contributed by atoms with van der Waals surface area (Å²) in [6.07, 6.45) is 3.96. The molecule has 0 saturated heterocycles. The molecule has 0 aliphatic carbocycles. The van der Waals surface area contributed by atoms with E-state index in [1.54, 1.807) is 6.20 Å². The molecule has 2 aromatic heterocycles. The fraction of sp³-hybridized carbons (Fsp3) is 0.143. The molecule has 2 aromatic carbocycles. The zero-order valence-corrected chi connectivity index (χ0v) is 15.2. The van der Waals surface area contributed by atoms with Crippen molar-refractivity contribution in [3.63, 3.8) is 0 Å². The van der Waals surface area contributed by atoms with Crippen molar-refractivity contribution in [3.05, 3.63) is 76.4 Å². The number of carbonyl (C=O) groups excluding carboxylic acids is 1. The number of ether oxygens (including phenoxy) is 2. The van der Waals surface area contributed by atoms with E-state index in [-0.39, 0.29) is 12.6 Å². The highest BCUT2D eigenvalue weighted by Crippen LogP contribution is 2.38. The molecule has 5 nitrogen and oxygen atoms in total.